The third-order valence-corrected chi connectivity index (χ3v) is 6.17. The maximum Gasteiger partial charge on any atom is 0.294 e. The molecule has 0 aliphatic carbocycles. The Morgan fingerprint density at radius 2 is 1.93 bits per heavy atom. The number of imide groups is 1. The van der Waals surface area contributed by atoms with Crippen LogP contribution in [0.25, 0.3) is 11.8 Å². The van der Waals surface area contributed by atoms with Crippen molar-refractivity contribution in [3.63, 3.8) is 0 Å². The van der Waals surface area contributed by atoms with Gasteiger partial charge in [0.2, 0.25) is 5.91 Å². The topological polar surface area (TPSA) is 62.6 Å². The molecule has 0 unspecified atom stereocenters. The van der Waals surface area contributed by atoms with E-state index in [-0.39, 0.29) is 12.5 Å². The molecule has 6 nitrogen and oxygen atoms in total. The summed E-state index contributed by atoms with van der Waals surface area (Å²) >= 11 is 4.34. The molecule has 2 aromatic rings. The maximum absolute atomic E-state index is 12.7. The van der Waals surface area contributed by atoms with Gasteiger partial charge in [0.25, 0.3) is 11.1 Å². The van der Waals surface area contributed by atoms with E-state index in [4.69, 9.17) is 0 Å². The number of hydrogen-bond donors (Lipinski definition) is 0. The highest BCUT2D eigenvalue weighted by molar-refractivity contribution is 9.10. The van der Waals surface area contributed by atoms with Crippen molar-refractivity contribution < 1.29 is 14.4 Å². The molecule has 2 saturated heterocycles. The average molecular weight is 460 g/mol. The summed E-state index contributed by atoms with van der Waals surface area (Å²) in [6.45, 7) is 1.21. The molecule has 2 aliphatic heterocycles. The van der Waals surface area contributed by atoms with Crippen LogP contribution in [0.2, 0.25) is 0 Å². The van der Waals surface area contributed by atoms with Gasteiger partial charge in [-0.15, -0.1) is 0 Å². The Labute approximate surface area is 175 Å². The summed E-state index contributed by atoms with van der Waals surface area (Å²) in [5.74, 6) is -0.580. The fourth-order valence-corrected chi connectivity index (χ4v) is 4.56. The molecule has 2 fully saturated rings. The van der Waals surface area contributed by atoms with Crippen molar-refractivity contribution in [1.29, 1.82) is 0 Å². The second kappa shape index (κ2) is 7.97. The van der Waals surface area contributed by atoms with Crippen molar-refractivity contribution in [2.24, 2.45) is 0 Å². The Morgan fingerprint density at radius 1 is 1.14 bits per heavy atom. The van der Waals surface area contributed by atoms with Crippen LogP contribution in [-0.2, 0) is 9.59 Å². The molecule has 1 aromatic carbocycles. The van der Waals surface area contributed by atoms with Gasteiger partial charge in [-0.25, -0.2) is 0 Å². The number of thioether (sulfide) groups is 1. The molecule has 0 radical (unpaired) electrons. The zero-order chi connectivity index (χ0) is 19.7. The van der Waals surface area contributed by atoms with Crippen molar-refractivity contribution in [3.8, 4) is 5.69 Å². The number of carbonyl (C=O) groups excluding carboxylic acids is 3. The number of hydrogen-bond acceptors (Lipinski definition) is 4. The van der Waals surface area contributed by atoms with Crippen LogP contribution in [0.15, 0.2) is 52.0 Å². The smallest absolute Gasteiger partial charge is 0.294 e. The van der Waals surface area contributed by atoms with Crippen LogP contribution in [0, 0.1) is 0 Å². The van der Waals surface area contributed by atoms with E-state index in [0.717, 1.165) is 45.4 Å². The van der Waals surface area contributed by atoms with E-state index in [1.54, 1.807) is 11.0 Å². The van der Waals surface area contributed by atoms with E-state index in [1.165, 1.54) is 0 Å². The zero-order valence-corrected chi connectivity index (χ0v) is 17.4. The van der Waals surface area contributed by atoms with Crippen molar-refractivity contribution in [2.75, 3.05) is 19.6 Å². The van der Waals surface area contributed by atoms with Gasteiger partial charge in [-0.2, -0.15) is 0 Å². The molecule has 4 rings (SSSR count). The number of amides is 3. The lowest BCUT2D eigenvalue weighted by Gasteiger charge is -2.18. The van der Waals surface area contributed by atoms with Gasteiger partial charge < -0.3 is 9.47 Å². The molecule has 0 spiro atoms. The minimum Gasteiger partial charge on any atom is -0.341 e. The van der Waals surface area contributed by atoms with E-state index in [1.807, 2.05) is 47.2 Å². The van der Waals surface area contributed by atoms with E-state index >= 15 is 0 Å². The lowest BCUT2D eigenvalue weighted by atomic mass is 10.3. The number of rotatable bonds is 4. The molecule has 1 aromatic heterocycles. The van der Waals surface area contributed by atoms with E-state index in [0.29, 0.717) is 18.0 Å². The maximum atomic E-state index is 12.7. The number of carbonyl (C=O) groups is 3. The summed E-state index contributed by atoms with van der Waals surface area (Å²) in [4.78, 5) is 40.5. The normalized spacial score (nSPS) is 18.5. The SMILES string of the molecule is O=C(CN1C(=O)S/C(=C/c2cccn2-c2cccc(Br)c2)C1=O)N1CCCC1. The fourth-order valence-electron chi connectivity index (χ4n) is 3.35. The summed E-state index contributed by atoms with van der Waals surface area (Å²) in [6, 6.07) is 11.6. The largest absolute Gasteiger partial charge is 0.341 e. The zero-order valence-electron chi connectivity index (χ0n) is 15.0. The van der Waals surface area contributed by atoms with Gasteiger partial charge in [-0.1, -0.05) is 22.0 Å². The first-order valence-electron chi connectivity index (χ1n) is 8.99. The highest BCUT2D eigenvalue weighted by Crippen LogP contribution is 2.33. The summed E-state index contributed by atoms with van der Waals surface area (Å²) in [5, 5.41) is -0.399. The van der Waals surface area contributed by atoms with Gasteiger partial charge in [0.05, 0.1) is 4.91 Å². The van der Waals surface area contributed by atoms with Gasteiger partial charge in [-0.3, -0.25) is 19.3 Å². The monoisotopic (exact) mass is 459 g/mol. The molecule has 0 N–H and O–H groups in total. The van der Waals surface area contributed by atoms with Crippen LogP contribution in [0.4, 0.5) is 4.79 Å². The number of benzene rings is 1. The van der Waals surface area contributed by atoms with E-state index in [2.05, 4.69) is 15.9 Å². The van der Waals surface area contributed by atoms with Crippen molar-refractivity contribution in [1.82, 2.24) is 14.4 Å². The van der Waals surface area contributed by atoms with Gasteiger partial charge >= 0.3 is 0 Å². The van der Waals surface area contributed by atoms with Crippen LogP contribution < -0.4 is 0 Å². The van der Waals surface area contributed by atoms with Gasteiger partial charge in [0, 0.05) is 35.1 Å². The second-order valence-electron chi connectivity index (χ2n) is 6.64. The molecule has 0 atom stereocenters. The first-order valence-corrected chi connectivity index (χ1v) is 10.6. The van der Waals surface area contributed by atoms with Crippen molar-refractivity contribution in [2.45, 2.75) is 12.8 Å². The highest BCUT2D eigenvalue weighted by Gasteiger charge is 2.37. The number of halogens is 1. The fraction of sp³-hybridized carbons (Fsp3) is 0.250. The summed E-state index contributed by atoms with van der Waals surface area (Å²) in [5.41, 5.74) is 1.73. The van der Waals surface area contributed by atoms with Crippen LogP contribution in [0.5, 0.6) is 0 Å². The van der Waals surface area contributed by atoms with E-state index in [9.17, 15) is 14.4 Å². The predicted octanol–water partition coefficient (Wildman–Crippen LogP) is 3.90. The third kappa shape index (κ3) is 3.79. The molecule has 2 aliphatic rings. The molecule has 3 amide bonds. The Hall–Kier alpha value is -2.32. The lowest BCUT2D eigenvalue weighted by molar-refractivity contribution is -0.135. The third-order valence-electron chi connectivity index (χ3n) is 4.77. The van der Waals surface area contributed by atoms with Gasteiger partial charge in [0.15, 0.2) is 0 Å². The molecule has 8 heteroatoms. The molecular formula is C20H18BrN3O3S. The highest BCUT2D eigenvalue weighted by atomic mass is 79.9. The second-order valence-corrected chi connectivity index (χ2v) is 8.55. The first kappa shape index (κ1) is 19.0. The number of nitrogens with zero attached hydrogens (tertiary/aromatic N) is 3. The lowest BCUT2D eigenvalue weighted by Crippen LogP contribution is -2.40. The minimum absolute atomic E-state index is 0.168. The van der Waals surface area contributed by atoms with Crippen LogP contribution in [-0.4, -0.2) is 51.1 Å². The van der Waals surface area contributed by atoms with Crippen LogP contribution in [0.3, 0.4) is 0 Å². The Morgan fingerprint density at radius 3 is 2.68 bits per heavy atom. The van der Waals surface area contributed by atoms with Crippen molar-refractivity contribution >= 4 is 50.8 Å². The summed E-state index contributed by atoms with van der Waals surface area (Å²) < 4.78 is 2.89. The number of likely N-dealkylation sites (tertiary alicyclic amines) is 1. The Balaban J connectivity index is 1.55. The molecule has 144 valence electrons. The molecular weight excluding hydrogens is 442 g/mol. The van der Waals surface area contributed by atoms with Gasteiger partial charge in [0.1, 0.15) is 6.54 Å². The van der Waals surface area contributed by atoms with Crippen LogP contribution >= 0.6 is 27.7 Å². The summed E-state index contributed by atoms with van der Waals surface area (Å²) in [7, 11) is 0. The standard InChI is InChI=1S/C20H18BrN3O3S/c21-14-5-3-6-15(11-14)23-10-4-7-16(23)12-17-19(26)24(20(27)28-17)13-18(25)22-8-1-2-9-22/h3-7,10-12H,1-2,8-9,13H2/b17-12+. The van der Waals surface area contributed by atoms with E-state index < -0.39 is 11.1 Å². The molecule has 0 bridgehead atoms. The number of aromatic nitrogens is 1. The summed E-state index contributed by atoms with van der Waals surface area (Å²) in [6.07, 6.45) is 5.54. The molecule has 3 heterocycles. The Bertz CT molecular complexity index is 979. The minimum atomic E-state index is -0.412. The van der Waals surface area contributed by atoms with Crippen molar-refractivity contribution in [3.05, 3.63) is 57.7 Å². The van der Waals surface area contributed by atoms with Gasteiger partial charge in [-0.05, 0) is 61.0 Å². The molecule has 0 saturated carbocycles. The Kier molecular flexibility index (Phi) is 5.41. The predicted molar refractivity (Wildman–Crippen MR) is 112 cm³/mol. The quantitative estimate of drug-likeness (QED) is 0.650. The average Bonchev–Trinajstić information content (AvgIpc) is 3.40. The molecule has 28 heavy (non-hydrogen) atoms. The van der Waals surface area contributed by atoms with Crippen LogP contribution in [0.1, 0.15) is 18.5 Å². The first-order chi connectivity index (χ1) is 13.5.